The first-order valence-corrected chi connectivity index (χ1v) is 14.6. The normalized spacial score (nSPS) is 10.5. The number of methoxy groups -OCH3 is 1. The van der Waals surface area contributed by atoms with E-state index in [2.05, 4.69) is 17.6 Å². The van der Waals surface area contributed by atoms with Crippen molar-refractivity contribution in [3.8, 4) is 0 Å². The summed E-state index contributed by atoms with van der Waals surface area (Å²) in [5, 5.41) is 5.95. The lowest BCUT2D eigenvalue weighted by molar-refractivity contribution is -0.154. The van der Waals surface area contributed by atoms with Crippen LogP contribution in [0.5, 0.6) is 0 Å². The third-order valence-corrected chi connectivity index (χ3v) is 6.38. The monoisotopic (exact) mass is 591 g/mol. The number of Topliss-reactive ketones (excluding diaryl/α,β-unsaturated/α-hetero) is 1. The molecule has 248 valence electrons. The maximum absolute atomic E-state index is 12.8. The predicted octanol–water partition coefficient (Wildman–Crippen LogP) is 8.30. The van der Waals surface area contributed by atoms with Crippen molar-refractivity contribution in [3.05, 3.63) is 0 Å². The number of ether oxygens (including phenoxy) is 2. The standard InChI is InChI=1S/C29H54N2O6.4CH4/c1-4-5-6-7-8-9-15-20-26(31-27(33)21-16-11-10-14-19-25(2)32)29(35)30-23-18-13-12-17-22-28(34)37-24-36-3;;;;/h26H,4-24H2,1-3H3,(H,30,35)(H,31,33);4*1H4. The molecule has 0 aliphatic rings. The highest BCUT2D eigenvalue weighted by molar-refractivity contribution is 5.87. The number of hydrogen-bond donors (Lipinski definition) is 2. The van der Waals surface area contributed by atoms with Crippen LogP contribution in [0.1, 0.15) is 166 Å². The first kappa shape index (κ1) is 48.8. The molecule has 8 heteroatoms. The van der Waals surface area contributed by atoms with Crippen LogP contribution >= 0.6 is 0 Å². The number of carbonyl (C=O) groups excluding carboxylic acids is 4. The second-order valence-corrected chi connectivity index (χ2v) is 10.0. The zero-order chi connectivity index (χ0) is 27.6. The van der Waals surface area contributed by atoms with E-state index in [1.165, 1.54) is 39.2 Å². The van der Waals surface area contributed by atoms with E-state index >= 15 is 0 Å². The van der Waals surface area contributed by atoms with Crippen LogP contribution in [0.25, 0.3) is 0 Å². The Morgan fingerprint density at radius 1 is 0.659 bits per heavy atom. The molecular formula is C33H70N2O6. The highest BCUT2D eigenvalue weighted by Gasteiger charge is 2.19. The predicted molar refractivity (Wildman–Crippen MR) is 174 cm³/mol. The molecule has 0 saturated carbocycles. The summed E-state index contributed by atoms with van der Waals surface area (Å²) in [4.78, 5) is 47.8. The van der Waals surface area contributed by atoms with E-state index in [1.807, 2.05) is 0 Å². The molecule has 0 fully saturated rings. The Morgan fingerprint density at radius 3 is 1.76 bits per heavy atom. The molecule has 0 rings (SSSR count). The van der Waals surface area contributed by atoms with E-state index in [4.69, 9.17) is 9.47 Å². The van der Waals surface area contributed by atoms with Crippen LogP contribution in [-0.4, -0.2) is 50.1 Å². The van der Waals surface area contributed by atoms with Crippen LogP contribution in [0, 0.1) is 0 Å². The summed E-state index contributed by atoms with van der Waals surface area (Å²) in [5.41, 5.74) is 0. The van der Waals surface area contributed by atoms with Crippen molar-refractivity contribution in [2.75, 3.05) is 20.4 Å². The molecule has 0 aliphatic carbocycles. The van der Waals surface area contributed by atoms with Gasteiger partial charge in [-0.25, -0.2) is 0 Å². The fraction of sp³-hybridized carbons (Fsp3) is 0.879. The molecule has 0 bridgehead atoms. The average Bonchev–Trinajstić information content (AvgIpc) is 2.87. The van der Waals surface area contributed by atoms with Crippen molar-refractivity contribution >= 4 is 23.6 Å². The van der Waals surface area contributed by atoms with Crippen LogP contribution in [-0.2, 0) is 28.7 Å². The molecule has 0 aromatic rings. The summed E-state index contributed by atoms with van der Waals surface area (Å²) in [5.74, 6) is -0.228. The smallest absolute Gasteiger partial charge is 0.307 e. The molecule has 1 atom stereocenters. The first-order chi connectivity index (χ1) is 17.9. The number of esters is 1. The fourth-order valence-electron chi connectivity index (χ4n) is 4.13. The number of hydrogen-bond acceptors (Lipinski definition) is 6. The van der Waals surface area contributed by atoms with Gasteiger partial charge in [-0.1, -0.05) is 107 Å². The Labute approximate surface area is 254 Å². The Kier molecular flexibility index (Phi) is 42.9. The van der Waals surface area contributed by atoms with Gasteiger partial charge in [-0.3, -0.25) is 14.4 Å². The summed E-state index contributed by atoms with van der Waals surface area (Å²) < 4.78 is 9.57. The van der Waals surface area contributed by atoms with Crippen molar-refractivity contribution < 1.29 is 28.7 Å². The van der Waals surface area contributed by atoms with Crippen LogP contribution in [0.15, 0.2) is 0 Å². The van der Waals surface area contributed by atoms with E-state index < -0.39 is 6.04 Å². The molecule has 2 amide bonds. The number of nitrogens with one attached hydrogen (secondary N) is 2. The lowest BCUT2D eigenvalue weighted by Crippen LogP contribution is -2.46. The molecule has 1 unspecified atom stereocenters. The van der Waals surface area contributed by atoms with Crippen molar-refractivity contribution in [1.29, 1.82) is 0 Å². The quantitative estimate of drug-likeness (QED) is 0.0595. The van der Waals surface area contributed by atoms with Gasteiger partial charge in [0.1, 0.15) is 11.8 Å². The Morgan fingerprint density at radius 2 is 1.17 bits per heavy atom. The number of unbranched alkanes of at least 4 members (excludes halogenated alkanes) is 12. The zero-order valence-electron chi connectivity index (χ0n) is 23.9. The minimum Gasteiger partial charge on any atom is -0.438 e. The lowest BCUT2D eigenvalue weighted by Gasteiger charge is -2.19. The van der Waals surface area contributed by atoms with E-state index in [9.17, 15) is 19.2 Å². The van der Waals surface area contributed by atoms with Gasteiger partial charge < -0.3 is 24.9 Å². The third kappa shape index (κ3) is 34.1. The van der Waals surface area contributed by atoms with Crippen molar-refractivity contribution in [3.63, 3.8) is 0 Å². The van der Waals surface area contributed by atoms with E-state index in [1.54, 1.807) is 6.92 Å². The fourth-order valence-corrected chi connectivity index (χ4v) is 4.13. The Balaban J connectivity index is -0.00000108. The summed E-state index contributed by atoms with van der Waals surface area (Å²) in [6.45, 7) is 4.36. The summed E-state index contributed by atoms with van der Waals surface area (Å²) in [7, 11) is 1.48. The van der Waals surface area contributed by atoms with E-state index in [-0.39, 0.29) is 60.1 Å². The number of amides is 2. The molecule has 0 heterocycles. The summed E-state index contributed by atoms with van der Waals surface area (Å²) >= 11 is 0. The molecular weight excluding hydrogens is 520 g/mol. The molecule has 0 aromatic carbocycles. The van der Waals surface area contributed by atoms with E-state index in [0.717, 1.165) is 64.2 Å². The molecule has 41 heavy (non-hydrogen) atoms. The van der Waals surface area contributed by atoms with E-state index in [0.29, 0.717) is 32.2 Å². The van der Waals surface area contributed by atoms with Gasteiger partial charge >= 0.3 is 5.97 Å². The molecule has 0 aliphatic heterocycles. The minimum absolute atomic E-state index is 0. The molecule has 0 radical (unpaired) electrons. The average molecular weight is 591 g/mol. The van der Waals surface area contributed by atoms with Crippen molar-refractivity contribution in [2.24, 2.45) is 0 Å². The third-order valence-electron chi connectivity index (χ3n) is 6.38. The summed E-state index contributed by atoms with van der Waals surface area (Å²) in [6.07, 6.45) is 17.1. The van der Waals surface area contributed by atoms with Gasteiger partial charge in [0.15, 0.2) is 6.79 Å². The second kappa shape index (κ2) is 36.1. The lowest BCUT2D eigenvalue weighted by atomic mass is 10.0. The Bertz CT molecular complexity index is 613. The van der Waals surface area contributed by atoms with Gasteiger partial charge in [0.25, 0.3) is 0 Å². The van der Waals surface area contributed by atoms with Gasteiger partial charge in [0, 0.05) is 32.9 Å². The van der Waals surface area contributed by atoms with Gasteiger partial charge in [-0.2, -0.15) is 0 Å². The second-order valence-electron chi connectivity index (χ2n) is 10.0. The van der Waals surface area contributed by atoms with Gasteiger partial charge in [0.05, 0.1) is 0 Å². The Hall–Kier alpha value is -1.96. The van der Waals surface area contributed by atoms with Crippen molar-refractivity contribution in [1.82, 2.24) is 10.6 Å². The van der Waals surface area contributed by atoms with Crippen molar-refractivity contribution in [2.45, 2.75) is 172 Å². The number of carbonyl (C=O) groups is 4. The maximum atomic E-state index is 12.8. The largest absolute Gasteiger partial charge is 0.438 e. The van der Waals surface area contributed by atoms with Gasteiger partial charge in [-0.15, -0.1) is 0 Å². The van der Waals surface area contributed by atoms with Crippen LogP contribution in [0.2, 0.25) is 0 Å². The van der Waals surface area contributed by atoms with Crippen LogP contribution < -0.4 is 10.6 Å². The van der Waals surface area contributed by atoms with Crippen LogP contribution in [0.3, 0.4) is 0 Å². The van der Waals surface area contributed by atoms with Gasteiger partial charge in [-0.05, 0) is 39.0 Å². The molecule has 0 aromatic heterocycles. The highest BCUT2D eigenvalue weighted by atomic mass is 16.7. The molecule has 2 N–H and O–H groups in total. The first-order valence-electron chi connectivity index (χ1n) is 14.6. The molecule has 0 spiro atoms. The maximum Gasteiger partial charge on any atom is 0.307 e. The number of ketones is 1. The summed E-state index contributed by atoms with van der Waals surface area (Å²) in [6, 6.07) is -0.489. The van der Waals surface area contributed by atoms with Crippen LogP contribution in [0.4, 0.5) is 0 Å². The minimum atomic E-state index is -0.489. The molecule has 0 saturated heterocycles. The SMILES string of the molecule is C.C.C.C.CCCCCCCCCC(NC(=O)CCCCCCC(C)=O)C(=O)NCCCCCCC(=O)OCOC. The highest BCUT2D eigenvalue weighted by Crippen LogP contribution is 2.11. The zero-order valence-corrected chi connectivity index (χ0v) is 23.9. The topological polar surface area (TPSA) is 111 Å². The molecule has 8 nitrogen and oxygen atoms in total. The van der Waals surface area contributed by atoms with Gasteiger partial charge in [0.2, 0.25) is 11.8 Å². The number of rotatable bonds is 26.